The maximum absolute atomic E-state index is 12.5. The Morgan fingerprint density at radius 3 is 1.88 bits per heavy atom. The van der Waals surface area contributed by atoms with Gasteiger partial charge in [0.15, 0.2) is 0 Å². The van der Waals surface area contributed by atoms with E-state index in [9.17, 15) is 35.1 Å². The SMILES string of the molecule is N#CCCOC(F)(F)C(F)(F)C(F)(F)C(F)F. The van der Waals surface area contributed by atoms with E-state index in [1.54, 1.807) is 0 Å². The Balaban J connectivity index is 4.96. The highest BCUT2D eigenvalue weighted by Crippen LogP contribution is 2.48. The predicted octanol–water partition coefficient (Wildman–Crippen LogP) is 3.05. The molecule has 0 saturated heterocycles. The Labute approximate surface area is 89.8 Å². The lowest BCUT2D eigenvalue weighted by atomic mass is 10.1. The topological polar surface area (TPSA) is 33.0 Å². The lowest BCUT2D eigenvalue weighted by Gasteiger charge is -2.31. The third-order valence-electron chi connectivity index (χ3n) is 1.56. The molecule has 0 rings (SSSR count). The van der Waals surface area contributed by atoms with Gasteiger partial charge < -0.3 is 4.74 Å². The standard InChI is InChI=1S/C7H5F8NO/c8-4(9)5(10,11)6(12,13)7(14,15)17-3-1-2-16/h4H,1,3H2. The van der Waals surface area contributed by atoms with Crippen LogP contribution in [-0.2, 0) is 4.74 Å². The molecule has 0 aromatic heterocycles. The fourth-order valence-corrected chi connectivity index (χ4v) is 0.647. The number of alkyl halides is 8. The predicted molar refractivity (Wildman–Crippen MR) is 37.0 cm³/mol. The Hall–Kier alpha value is -1.11. The lowest BCUT2D eigenvalue weighted by Crippen LogP contribution is -2.58. The summed E-state index contributed by atoms with van der Waals surface area (Å²) in [6, 6.07) is 1.21. The van der Waals surface area contributed by atoms with Gasteiger partial charge >= 0.3 is 24.4 Å². The van der Waals surface area contributed by atoms with Gasteiger partial charge in [0.25, 0.3) is 0 Å². The largest absolute Gasteiger partial charge is 0.426 e. The molecule has 100 valence electrons. The maximum Gasteiger partial charge on any atom is 0.426 e. The Bertz CT molecular complexity index is 297. The van der Waals surface area contributed by atoms with Crippen LogP contribution in [0, 0.1) is 11.3 Å². The first-order chi connectivity index (χ1) is 7.50. The number of nitriles is 1. The minimum atomic E-state index is -6.39. The molecule has 0 radical (unpaired) electrons. The average Bonchev–Trinajstić information content (AvgIpc) is 2.17. The van der Waals surface area contributed by atoms with Gasteiger partial charge in [0.1, 0.15) is 0 Å². The van der Waals surface area contributed by atoms with E-state index in [4.69, 9.17) is 5.26 Å². The van der Waals surface area contributed by atoms with E-state index in [1.165, 1.54) is 6.07 Å². The second-order valence-electron chi connectivity index (χ2n) is 2.77. The molecule has 0 amide bonds. The molecule has 0 unspecified atom stereocenters. The molecule has 0 aliphatic rings. The van der Waals surface area contributed by atoms with Gasteiger partial charge in [-0.25, -0.2) is 8.78 Å². The average molecular weight is 271 g/mol. The van der Waals surface area contributed by atoms with Crippen molar-refractivity contribution >= 4 is 0 Å². The zero-order chi connectivity index (χ0) is 13.9. The van der Waals surface area contributed by atoms with Crippen molar-refractivity contribution < 1.29 is 39.9 Å². The molecule has 0 fully saturated rings. The molecule has 0 bridgehead atoms. The van der Waals surface area contributed by atoms with Crippen LogP contribution in [0.15, 0.2) is 0 Å². The molecule has 10 heteroatoms. The normalized spacial score (nSPS) is 13.9. The first-order valence-corrected chi connectivity index (χ1v) is 3.93. The summed E-state index contributed by atoms with van der Waals surface area (Å²) in [5.74, 6) is -12.6. The summed E-state index contributed by atoms with van der Waals surface area (Å²) in [6.07, 6.45) is -11.6. The van der Waals surface area contributed by atoms with Crippen molar-refractivity contribution in [2.75, 3.05) is 6.61 Å². The Morgan fingerprint density at radius 2 is 1.53 bits per heavy atom. The van der Waals surface area contributed by atoms with Crippen molar-refractivity contribution in [2.45, 2.75) is 30.8 Å². The van der Waals surface area contributed by atoms with Gasteiger partial charge in [0.2, 0.25) is 0 Å². The number of hydrogen-bond acceptors (Lipinski definition) is 2. The quantitative estimate of drug-likeness (QED) is 0.549. The van der Waals surface area contributed by atoms with Crippen molar-refractivity contribution in [3.8, 4) is 6.07 Å². The summed E-state index contributed by atoms with van der Waals surface area (Å²) in [5, 5.41) is 7.88. The number of ether oxygens (including phenoxy) is 1. The van der Waals surface area contributed by atoms with Crippen LogP contribution in [0.3, 0.4) is 0 Å². The molecule has 0 aromatic carbocycles. The summed E-state index contributed by atoms with van der Waals surface area (Å²) in [6.45, 7) is -1.29. The molecule has 0 aliphatic heterocycles. The van der Waals surface area contributed by atoms with E-state index in [0.717, 1.165) is 0 Å². The van der Waals surface area contributed by atoms with Gasteiger partial charge in [0, 0.05) is 0 Å². The summed E-state index contributed by atoms with van der Waals surface area (Å²) < 4.78 is 100. The van der Waals surface area contributed by atoms with Crippen LogP contribution < -0.4 is 0 Å². The molecule has 0 aliphatic carbocycles. The fraction of sp³-hybridized carbons (Fsp3) is 0.857. The summed E-state index contributed by atoms with van der Waals surface area (Å²) in [4.78, 5) is 0. The minimum Gasteiger partial charge on any atom is -0.314 e. The molecule has 0 atom stereocenters. The molecule has 17 heavy (non-hydrogen) atoms. The zero-order valence-corrected chi connectivity index (χ0v) is 7.87. The highest BCUT2D eigenvalue weighted by molar-refractivity contribution is 4.93. The molecule has 0 aromatic rings. The maximum atomic E-state index is 12.5. The Kier molecular flexibility index (Phi) is 4.70. The Morgan fingerprint density at radius 1 is 1.06 bits per heavy atom. The highest BCUT2D eigenvalue weighted by atomic mass is 19.4. The van der Waals surface area contributed by atoms with Crippen LogP contribution in [0.2, 0.25) is 0 Å². The number of nitrogens with zero attached hydrogens (tertiary/aromatic N) is 1. The smallest absolute Gasteiger partial charge is 0.314 e. The van der Waals surface area contributed by atoms with Crippen LogP contribution in [0.5, 0.6) is 0 Å². The van der Waals surface area contributed by atoms with Gasteiger partial charge in [-0.3, -0.25) is 0 Å². The summed E-state index contributed by atoms with van der Waals surface area (Å²) in [7, 11) is 0. The molecular formula is C7H5F8NO. The second-order valence-corrected chi connectivity index (χ2v) is 2.77. The van der Waals surface area contributed by atoms with Crippen LogP contribution in [-0.4, -0.2) is 31.0 Å². The van der Waals surface area contributed by atoms with Gasteiger partial charge in [0.05, 0.1) is 19.1 Å². The third kappa shape index (κ3) is 2.96. The van der Waals surface area contributed by atoms with Gasteiger partial charge in [-0.1, -0.05) is 0 Å². The van der Waals surface area contributed by atoms with Gasteiger partial charge in [-0.05, 0) is 0 Å². The van der Waals surface area contributed by atoms with Crippen molar-refractivity contribution in [2.24, 2.45) is 0 Å². The molecular weight excluding hydrogens is 266 g/mol. The van der Waals surface area contributed by atoms with E-state index >= 15 is 0 Å². The molecule has 0 saturated carbocycles. The van der Waals surface area contributed by atoms with Crippen molar-refractivity contribution in [1.82, 2.24) is 0 Å². The van der Waals surface area contributed by atoms with Crippen LogP contribution in [0.1, 0.15) is 6.42 Å². The van der Waals surface area contributed by atoms with E-state index < -0.39 is 37.4 Å². The molecule has 0 heterocycles. The first kappa shape index (κ1) is 15.9. The minimum absolute atomic E-state index is 0.786. The van der Waals surface area contributed by atoms with Crippen molar-refractivity contribution in [3.05, 3.63) is 0 Å². The summed E-state index contributed by atoms with van der Waals surface area (Å²) in [5.41, 5.74) is 0. The van der Waals surface area contributed by atoms with Crippen LogP contribution >= 0.6 is 0 Å². The molecule has 2 nitrogen and oxygen atoms in total. The van der Waals surface area contributed by atoms with Gasteiger partial charge in [-0.2, -0.15) is 31.6 Å². The first-order valence-electron chi connectivity index (χ1n) is 3.93. The second kappa shape index (κ2) is 5.03. The number of halogens is 8. The molecule has 0 spiro atoms. The van der Waals surface area contributed by atoms with Gasteiger partial charge in [-0.15, -0.1) is 0 Å². The van der Waals surface area contributed by atoms with E-state index in [0.29, 0.717) is 0 Å². The van der Waals surface area contributed by atoms with E-state index in [2.05, 4.69) is 4.74 Å². The van der Waals surface area contributed by atoms with E-state index in [-0.39, 0.29) is 0 Å². The van der Waals surface area contributed by atoms with Crippen molar-refractivity contribution in [1.29, 1.82) is 5.26 Å². The van der Waals surface area contributed by atoms with Crippen LogP contribution in [0.4, 0.5) is 35.1 Å². The highest BCUT2D eigenvalue weighted by Gasteiger charge is 2.76. The third-order valence-corrected chi connectivity index (χ3v) is 1.56. The van der Waals surface area contributed by atoms with Crippen LogP contribution in [0.25, 0.3) is 0 Å². The fourth-order valence-electron chi connectivity index (χ4n) is 0.647. The van der Waals surface area contributed by atoms with E-state index in [1.807, 2.05) is 0 Å². The summed E-state index contributed by atoms with van der Waals surface area (Å²) >= 11 is 0. The molecule has 0 N–H and O–H groups in total. The zero-order valence-electron chi connectivity index (χ0n) is 7.87. The van der Waals surface area contributed by atoms with Crippen molar-refractivity contribution in [3.63, 3.8) is 0 Å². The monoisotopic (exact) mass is 271 g/mol. The number of rotatable bonds is 6. The number of hydrogen-bond donors (Lipinski definition) is 0. The lowest BCUT2D eigenvalue weighted by molar-refractivity contribution is -0.412.